The maximum atomic E-state index is 13.5. The van der Waals surface area contributed by atoms with Crippen molar-refractivity contribution in [3.8, 4) is 5.75 Å². The van der Waals surface area contributed by atoms with Crippen LogP contribution in [0.5, 0.6) is 5.75 Å². The van der Waals surface area contributed by atoms with Crippen molar-refractivity contribution >= 4 is 28.1 Å². The Morgan fingerprint density at radius 3 is 2.84 bits per heavy atom. The van der Waals surface area contributed by atoms with Crippen LogP contribution in [0.1, 0.15) is 39.9 Å². The summed E-state index contributed by atoms with van der Waals surface area (Å²) in [5.74, 6) is 0.961. The van der Waals surface area contributed by atoms with Crippen molar-refractivity contribution in [3.63, 3.8) is 0 Å². The Morgan fingerprint density at radius 1 is 1.23 bits per heavy atom. The molecular formula is C25H25N3O2S. The highest BCUT2D eigenvalue weighted by Gasteiger charge is 2.35. The lowest BCUT2D eigenvalue weighted by atomic mass is 9.91. The Hall–Kier alpha value is -3.12. The van der Waals surface area contributed by atoms with Crippen molar-refractivity contribution in [2.45, 2.75) is 32.2 Å². The van der Waals surface area contributed by atoms with Crippen LogP contribution in [0.3, 0.4) is 0 Å². The molecule has 0 saturated heterocycles. The van der Waals surface area contributed by atoms with Crippen LogP contribution >= 0.6 is 11.3 Å². The number of hydrogen-bond donors (Lipinski definition) is 1. The first-order valence-electron chi connectivity index (χ1n) is 10.6. The van der Waals surface area contributed by atoms with Gasteiger partial charge in [0.15, 0.2) is 0 Å². The van der Waals surface area contributed by atoms with Gasteiger partial charge >= 0.3 is 0 Å². The van der Waals surface area contributed by atoms with Crippen molar-refractivity contribution in [2.75, 3.05) is 13.7 Å². The van der Waals surface area contributed by atoms with E-state index in [0.717, 1.165) is 41.1 Å². The van der Waals surface area contributed by atoms with E-state index >= 15 is 0 Å². The van der Waals surface area contributed by atoms with Gasteiger partial charge in [-0.1, -0.05) is 36.4 Å². The lowest BCUT2D eigenvalue weighted by molar-refractivity contribution is -0.133. The third kappa shape index (κ3) is 3.51. The van der Waals surface area contributed by atoms with E-state index in [-0.39, 0.29) is 11.9 Å². The van der Waals surface area contributed by atoms with Gasteiger partial charge < -0.3 is 14.6 Å². The molecule has 158 valence electrons. The van der Waals surface area contributed by atoms with Gasteiger partial charge in [-0.15, -0.1) is 11.3 Å². The van der Waals surface area contributed by atoms with Gasteiger partial charge in [0.25, 0.3) is 0 Å². The first-order valence-corrected chi connectivity index (χ1v) is 11.5. The van der Waals surface area contributed by atoms with Gasteiger partial charge in [0.1, 0.15) is 11.8 Å². The number of thiazole rings is 1. The number of ether oxygens (including phenoxy) is 1. The average molecular weight is 432 g/mol. The zero-order valence-electron chi connectivity index (χ0n) is 17.7. The maximum absolute atomic E-state index is 13.5. The molecule has 1 N–H and O–H groups in total. The number of benzene rings is 2. The molecule has 0 fully saturated rings. The SMILES string of the molecule is COc1ccccc1C1c2[nH]c3ccccc3c2CCN1C(=O)CCc1scnc1C. The standard InChI is InChI=1S/C25H25N3O2S/c1-16-22(31-15-26-16)11-12-23(29)28-14-13-18-17-7-3-5-9-20(17)27-24(18)25(28)19-8-4-6-10-21(19)30-2/h3-10,15,25,27H,11-14H2,1-2H3. The number of amides is 1. The summed E-state index contributed by atoms with van der Waals surface area (Å²) in [6.45, 7) is 2.70. The Labute approximate surface area is 185 Å². The van der Waals surface area contributed by atoms with E-state index < -0.39 is 0 Å². The summed E-state index contributed by atoms with van der Waals surface area (Å²) in [7, 11) is 1.69. The molecule has 2 aromatic heterocycles. The minimum Gasteiger partial charge on any atom is -0.496 e. The lowest BCUT2D eigenvalue weighted by Crippen LogP contribution is -2.40. The summed E-state index contributed by atoms with van der Waals surface area (Å²) in [6, 6.07) is 16.2. The predicted octanol–water partition coefficient (Wildman–Crippen LogP) is 5.05. The number of fused-ring (bicyclic) bond motifs is 3. The third-order valence-corrected chi connectivity index (χ3v) is 7.19. The van der Waals surface area contributed by atoms with Gasteiger partial charge in [-0.25, -0.2) is 4.98 Å². The molecule has 1 amide bonds. The summed E-state index contributed by atoms with van der Waals surface area (Å²) in [5, 5.41) is 1.24. The van der Waals surface area contributed by atoms with Crippen LogP contribution in [0.25, 0.3) is 10.9 Å². The minimum absolute atomic E-state index is 0.160. The van der Waals surface area contributed by atoms with E-state index in [0.29, 0.717) is 13.0 Å². The number of hydrogen-bond acceptors (Lipinski definition) is 4. The van der Waals surface area contributed by atoms with E-state index in [1.54, 1.807) is 18.4 Å². The number of aromatic amines is 1. The van der Waals surface area contributed by atoms with Gasteiger partial charge in [0, 0.05) is 40.0 Å². The minimum atomic E-state index is -0.192. The first kappa shape index (κ1) is 19.8. The lowest BCUT2D eigenvalue weighted by Gasteiger charge is -2.37. The number of carbonyl (C=O) groups excluding carboxylic acids is 1. The van der Waals surface area contributed by atoms with Crippen molar-refractivity contribution in [1.29, 1.82) is 0 Å². The molecule has 0 spiro atoms. The maximum Gasteiger partial charge on any atom is 0.223 e. The van der Waals surface area contributed by atoms with E-state index in [4.69, 9.17) is 4.74 Å². The number of carbonyl (C=O) groups is 1. The zero-order chi connectivity index (χ0) is 21.4. The molecule has 2 aromatic carbocycles. The molecule has 1 aliphatic rings. The van der Waals surface area contributed by atoms with Gasteiger partial charge in [-0.05, 0) is 37.5 Å². The summed E-state index contributed by atoms with van der Waals surface area (Å²) in [5.41, 5.74) is 7.40. The molecule has 1 unspecified atom stereocenters. The van der Waals surface area contributed by atoms with Crippen molar-refractivity contribution < 1.29 is 9.53 Å². The number of rotatable bonds is 5. The second-order valence-electron chi connectivity index (χ2n) is 7.91. The molecule has 0 radical (unpaired) electrons. The van der Waals surface area contributed by atoms with E-state index in [2.05, 4.69) is 34.2 Å². The van der Waals surface area contributed by atoms with Crippen LogP contribution in [0.4, 0.5) is 0 Å². The molecule has 4 aromatic rings. The number of nitrogens with one attached hydrogen (secondary N) is 1. The molecule has 1 atom stereocenters. The van der Waals surface area contributed by atoms with E-state index in [9.17, 15) is 4.79 Å². The summed E-state index contributed by atoms with van der Waals surface area (Å²) < 4.78 is 5.69. The number of nitrogens with zero attached hydrogens (tertiary/aromatic N) is 2. The Bertz CT molecular complexity index is 1240. The van der Waals surface area contributed by atoms with E-state index in [1.165, 1.54) is 15.8 Å². The third-order valence-electron chi connectivity index (χ3n) is 6.20. The molecule has 0 saturated carbocycles. The Kier molecular flexibility index (Phi) is 5.24. The second kappa shape index (κ2) is 8.19. The van der Waals surface area contributed by atoms with Crippen LogP contribution in [0.2, 0.25) is 0 Å². The molecule has 0 bridgehead atoms. The number of para-hydroxylation sites is 2. The monoisotopic (exact) mass is 431 g/mol. The topological polar surface area (TPSA) is 58.2 Å². The van der Waals surface area contributed by atoms with E-state index in [1.807, 2.05) is 41.6 Å². The zero-order valence-corrected chi connectivity index (χ0v) is 18.5. The van der Waals surface area contributed by atoms with Crippen LogP contribution in [-0.4, -0.2) is 34.4 Å². The van der Waals surface area contributed by atoms with Gasteiger partial charge in [0.05, 0.1) is 18.3 Å². The smallest absolute Gasteiger partial charge is 0.223 e. The molecular weight excluding hydrogens is 406 g/mol. The summed E-state index contributed by atoms with van der Waals surface area (Å²) >= 11 is 1.62. The highest BCUT2D eigenvalue weighted by molar-refractivity contribution is 7.09. The fraction of sp³-hybridized carbons (Fsp3) is 0.280. The van der Waals surface area contributed by atoms with Crippen LogP contribution < -0.4 is 4.74 Å². The van der Waals surface area contributed by atoms with Crippen LogP contribution in [0.15, 0.2) is 54.0 Å². The normalized spacial score (nSPS) is 15.8. The number of aryl methyl sites for hydroxylation is 2. The van der Waals surface area contributed by atoms with Gasteiger partial charge in [-0.2, -0.15) is 0 Å². The number of aromatic nitrogens is 2. The number of methoxy groups -OCH3 is 1. The van der Waals surface area contributed by atoms with Crippen molar-refractivity contribution in [3.05, 3.63) is 81.4 Å². The molecule has 0 aliphatic carbocycles. The molecule has 1 aliphatic heterocycles. The molecule has 3 heterocycles. The van der Waals surface area contributed by atoms with Gasteiger partial charge in [-0.3, -0.25) is 4.79 Å². The second-order valence-corrected chi connectivity index (χ2v) is 8.84. The predicted molar refractivity (Wildman–Crippen MR) is 124 cm³/mol. The highest BCUT2D eigenvalue weighted by atomic mass is 32.1. The summed E-state index contributed by atoms with van der Waals surface area (Å²) in [4.78, 5) is 24.6. The Balaban J connectivity index is 1.55. The number of H-pyrrole nitrogens is 1. The molecule has 31 heavy (non-hydrogen) atoms. The van der Waals surface area contributed by atoms with Crippen molar-refractivity contribution in [2.24, 2.45) is 0 Å². The van der Waals surface area contributed by atoms with Gasteiger partial charge in [0.2, 0.25) is 5.91 Å². The Morgan fingerprint density at radius 2 is 2.03 bits per heavy atom. The van der Waals surface area contributed by atoms with Crippen molar-refractivity contribution in [1.82, 2.24) is 14.9 Å². The van der Waals surface area contributed by atoms with Crippen LogP contribution in [0, 0.1) is 6.92 Å². The fourth-order valence-electron chi connectivity index (χ4n) is 4.66. The fourth-order valence-corrected chi connectivity index (χ4v) is 5.44. The molecule has 5 rings (SSSR count). The molecule has 6 heteroatoms. The summed E-state index contributed by atoms with van der Waals surface area (Å²) in [6.07, 6.45) is 2.05. The first-order chi connectivity index (χ1) is 15.2. The molecule has 5 nitrogen and oxygen atoms in total. The highest BCUT2D eigenvalue weighted by Crippen LogP contribution is 2.41. The van der Waals surface area contributed by atoms with Crippen LogP contribution in [-0.2, 0) is 17.6 Å². The largest absolute Gasteiger partial charge is 0.496 e. The average Bonchev–Trinajstić information content (AvgIpc) is 3.39. The quantitative estimate of drug-likeness (QED) is 0.481.